The highest BCUT2D eigenvalue weighted by atomic mass is 79.9. The minimum absolute atomic E-state index is 0.0161. The van der Waals surface area contributed by atoms with Crippen molar-refractivity contribution in [2.24, 2.45) is 5.92 Å². The molecule has 0 aromatic heterocycles. The lowest BCUT2D eigenvalue weighted by molar-refractivity contribution is 0.405. The van der Waals surface area contributed by atoms with Crippen molar-refractivity contribution in [2.45, 2.75) is 32.1 Å². The van der Waals surface area contributed by atoms with E-state index < -0.39 is 0 Å². The summed E-state index contributed by atoms with van der Waals surface area (Å²) >= 11 is 9.90. The molecule has 0 bridgehead atoms. The van der Waals surface area contributed by atoms with Gasteiger partial charge in [0.15, 0.2) is 0 Å². The molecule has 1 rings (SSSR count). The first-order chi connectivity index (χ1) is 7.58. The highest BCUT2D eigenvalue weighted by molar-refractivity contribution is 9.10. The molecule has 0 saturated heterocycles. The number of alkyl halides is 1. The molecule has 0 N–H and O–H groups in total. The van der Waals surface area contributed by atoms with Crippen LogP contribution in [0.5, 0.6) is 5.75 Å². The van der Waals surface area contributed by atoms with Gasteiger partial charge in [-0.2, -0.15) is 0 Å². The highest BCUT2D eigenvalue weighted by Crippen LogP contribution is 2.36. The van der Waals surface area contributed by atoms with E-state index in [0.717, 1.165) is 28.6 Å². The second kappa shape index (κ2) is 6.51. The van der Waals surface area contributed by atoms with Gasteiger partial charge in [0.1, 0.15) is 5.75 Å². The molecule has 90 valence electrons. The van der Waals surface area contributed by atoms with Gasteiger partial charge in [0.2, 0.25) is 0 Å². The SMILES string of the molecule is CCC(C)CC(Cl)c1cc(Br)ccc1OC. The number of hydrogen-bond donors (Lipinski definition) is 0. The summed E-state index contributed by atoms with van der Waals surface area (Å²) in [4.78, 5) is 0. The van der Waals surface area contributed by atoms with Crippen LogP contribution in [0, 0.1) is 5.92 Å². The van der Waals surface area contributed by atoms with Gasteiger partial charge in [0.25, 0.3) is 0 Å². The molecule has 2 unspecified atom stereocenters. The number of rotatable bonds is 5. The summed E-state index contributed by atoms with van der Waals surface area (Å²) in [5, 5.41) is 0.0161. The summed E-state index contributed by atoms with van der Waals surface area (Å²) in [7, 11) is 1.68. The third kappa shape index (κ3) is 3.67. The van der Waals surface area contributed by atoms with Gasteiger partial charge in [-0.1, -0.05) is 36.2 Å². The first-order valence-corrected chi connectivity index (χ1v) is 6.78. The lowest BCUT2D eigenvalue weighted by Crippen LogP contribution is -2.01. The van der Waals surface area contributed by atoms with E-state index in [-0.39, 0.29) is 5.38 Å². The van der Waals surface area contributed by atoms with Crippen molar-refractivity contribution in [3.05, 3.63) is 28.2 Å². The summed E-state index contributed by atoms with van der Waals surface area (Å²) in [6.07, 6.45) is 2.13. The maximum Gasteiger partial charge on any atom is 0.123 e. The Labute approximate surface area is 111 Å². The lowest BCUT2D eigenvalue weighted by Gasteiger charge is -2.17. The maximum absolute atomic E-state index is 6.43. The number of methoxy groups -OCH3 is 1. The summed E-state index contributed by atoms with van der Waals surface area (Å²) in [5.74, 6) is 1.50. The predicted octanol–water partition coefficient (Wildman–Crippen LogP) is 5.17. The molecule has 0 amide bonds. The molecule has 16 heavy (non-hydrogen) atoms. The third-order valence-corrected chi connectivity index (χ3v) is 3.74. The van der Waals surface area contributed by atoms with Gasteiger partial charge in [-0.25, -0.2) is 0 Å². The largest absolute Gasteiger partial charge is 0.496 e. The van der Waals surface area contributed by atoms with Crippen LogP contribution in [0.15, 0.2) is 22.7 Å². The number of benzene rings is 1. The van der Waals surface area contributed by atoms with Gasteiger partial charge in [0.05, 0.1) is 12.5 Å². The van der Waals surface area contributed by atoms with E-state index in [1.54, 1.807) is 7.11 Å². The number of ether oxygens (including phenoxy) is 1. The molecule has 0 saturated carbocycles. The second-order valence-corrected chi connectivity index (χ2v) is 5.55. The van der Waals surface area contributed by atoms with Crippen LogP contribution in [0.1, 0.15) is 37.6 Å². The average Bonchev–Trinajstić information content (AvgIpc) is 2.28. The number of halogens is 2. The van der Waals surface area contributed by atoms with Crippen LogP contribution in [0.4, 0.5) is 0 Å². The molecule has 2 atom stereocenters. The summed E-state index contributed by atoms with van der Waals surface area (Å²) in [5.41, 5.74) is 1.07. The Balaban J connectivity index is 2.88. The monoisotopic (exact) mass is 304 g/mol. The van der Waals surface area contributed by atoms with Crippen molar-refractivity contribution in [3.63, 3.8) is 0 Å². The Bertz CT molecular complexity index is 341. The van der Waals surface area contributed by atoms with E-state index in [9.17, 15) is 0 Å². The van der Waals surface area contributed by atoms with E-state index in [1.165, 1.54) is 0 Å². The Kier molecular flexibility index (Phi) is 5.63. The fraction of sp³-hybridized carbons (Fsp3) is 0.538. The second-order valence-electron chi connectivity index (χ2n) is 4.10. The van der Waals surface area contributed by atoms with Gasteiger partial charge in [0, 0.05) is 10.0 Å². The van der Waals surface area contributed by atoms with E-state index in [4.69, 9.17) is 16.3 Å². The van der Waals surface area contributed by atoms with Gasteiger partial charge in [-0.05, 0) is 30.5 Å². The fourth-order valence-corrected chi connectivity index (χ4v) is 2.45. The first-order valence-electron chi connectivity index (χ1n) is 5.56. The zero-order valence-corrected chi connectivity index (χ0v) is 12.3. The molecule has 3 heteroatoms. The van der Waals surface area contributed by atoms with E-state index in [0.29, 0.717) is 5.92 Å². The zero-order valence-electron chi connectivity index (χ0n) is 9.97. The molecule has 1 aromatic rings. The molecule has 0 spiro atoms. The van der Waals surface area contributed by atoms with Gasteiger partial charge >= 0.3 is 0 Å². The lowest BCUT2D eigenvalue weighted by atomic mass is 9.98. The van der Waals surface area contributed by atoms with Crippen molar-refractivity contribution in [1.29, 1.82) is 0 Å². The van der Waals surface area contributed by atoms with Gasteiger partial charge < -0.3 is 4.74 Å². The Morgan fingerprint density at radius 1 is 1.44 bits per heavy atom. The standard InChI is InChI=1S/C13H18BrClO/c1-4-9(2)7-12(15)11-8-10(14)5-6-13(11)16-3/h5-6,8-9,12H,4,7H2,1-3H3. The van der Waals surface area contributed by atoms with Crippen molar-refractivity contribution in [1.82, 2.24) is 0 Å². The predicted molar refractivity (Wildman–Crippen MR) is 73.4 cm³/mol. The van der Waals surface area contributed by atoms with E-state index >= 15 is 0 Å². The average molecular weight is 306 g/mol. The van der Waals surface area contributed by atoms with Crippen molar-refractivity contribution in [3.8, 4) is 5.75 Å². The molecule has 0 aliphatic heterocycles. The van der Waals surface area contributed by atoms with Crippen LogP contribution in [-0.2, 0) is 0 Å². The fourth-order valence-electron chi connectivity index (χ4n) is 1.60. The van der Waals surface area contributed by atoms with Crippen LogP contribution in [-0.4, -0.2) is 7.11 Å². The minimum atomic E-state index is 0.0161. The summed E-state index contributed by atoms with van der Waals surface area (Å²) < 4.78 is 6.37. The summed E-state index contributed by atoms with van der Waals surface area (Å²) in [6, 6.07) is 5.96. The first kappa shape index (κ1) is 13.9. The Morgan fingerprint density at radius 3 is 2.69 bits per heavy atom. The van der Waals surface area contributed by atoms with E-state index in [2.05, 4.69) is 29.8 Å². The highest BCUT2D eigenvalue weighted by Gasteiger charge is 2.16. The zero-order chi connectivity index (χ0) is 12.1. The minimum Gasteiger partial charge on any atom is -0.496 e. The molecule has 0 fully saturated rings. The van der Waals surface area contributed by atoms with Crippen LogP contribution in [0.3, 0.4) is 0 Å². The van der Waals surface area contributed by atoms with Crippen molar-refractivity contribution in [2.75, 3.05) is 7.11 Å². The van der Waals surface area contributed by atoms with Crippen molar-refractivity contribution < 1.29 is 4.74 Å². The van der Waals surface area contributed by atoms with Crippen LogP contribution in [0.25, 0.3) is 0 Å². The van der Waals surface area contributed by atoms with Crippen LogP contribution < -0.4 is 4.74 Å². The van der Waals surface area contributed by atoms with Gasteiger partial charge in [-0.3, -0.25) is 0 Å². The molecule has 0 aliphatic carbocycles. The quantitative estimate of drug-likeness (QED) is 0.682. The Hall–Kier alpha value is -0.210. The molecule has 0 heterocycles. The van der Waals surface area contributed by atoms with Crippen LogP contribution >= 0.6 is 27.5 Å². The van der Waals surface area contributed by atoms with E-state index in [1.807, 2.05) is 18.2 Å². The topological polar surface area (TPSA) is 9.23 Å². The van der Waals surface area contributed by atoms with Crippen LogP contribution in [0.2, 0.25) is 0 Å². The van der Waals surface area contributed by atoms with Crippen molar-refractivity contribution >= 4 is 27.5 Å². The molecule has 0 radical (unpaired) electrons. The Morgan fingerprint density at radius 2 is 2.12 bits per heavy atom. The van der Waals surface area contributed by atoms with Gasteiger partial charge in [-0.15, -0.1) is 11.6 Å². The molecule has 1 nitrogen and oxygen atoms in total. The normalized spacial score (nSPS) is 14.6. The molecular formula is C13H18BrClO. The molecule has 0 aliphatic rings. The summed E-state index contributed by atoms with van der Waals surface area (Å²) in [6.45, 7) is 4.41. The molecule has 1 aromatic carbocycles. The number of hydrogen-bond acceptors (Lipinski definition) is 1. The third-order valence-electron chi connectivity index (χ3n) is 2.84. The maximum atomic E-state index is 6.43. The molecular weight excluding hydrogens is 287 g/mol. The smallest absolute Gasteiger partial charge is 0.123 e.